The molecule has 0 heterocycles. The highest BCUT2D eigenvalue weighted by Crippen LogP contribution is 2.43. The molecule has 0 amide bonds. The summed E-state index contributed by atoms with van der Waals surface area (Å²) < 4.78 is 33.0. The molecule has 0 saturated heterocycles. The molecule has 0 aromatic carbocycles. The number of esters is 1. The molecule has 0 aromatic rings. The van der Waals surface area contributed by atoms with Crippen molar-refractivity contribution in [2.45, 2.75) is 155 Å². The summed E-state index contributed by atoms with van der Waals surface area (Å²) in [7, 11) is -4.31. The van der Waals surface area contributed by atoms with Crippen molar-refractivity contribution in [1.82, 2.24) is 0 Å². The number of carbonyl (C=O) groups excluding carboxylic acids is 1. The number of phosphoric ester groups is 1. The first-order chi connectivity index (χ1) is 24.4. The number of allylic oxidation sites excluding steroid dienone is 11. The van der Waals surface area contributed by atoms with Crippen LogP contribution in [0.2, 0.25) is 0 Å². The van der Waals surface area contributed by atoms with Crippen LogP contribution in [0.5, 0.6) is 0 Å². The highest BCUT2D eigenvalue weighted by Gasteiger charge is 2.25. The Morgan fingerprint density at radius 2 is 1.14 bits per heavy atom. The Morgan fingerprint density at radius 3 is 1.68 bits per heavy atom. The third-order valence-corrected chi connectivity index (χ3v) is 8.69. The van der Waals surface area contributed by atoms with Gasteiger partial charge in [-0.05, 0) is 63.9 Å². The maximum Gasteiger partial charge on any atom is 0.472 e. The first-order valence-electron chi connectivity index (χ1n) is 19.5. The number of ether oxygens (including phenoxy) is 2. The first kappa shape index (κ1) is 47.8. The lowest BCUT2D eigenvalue weighted by Gasteiger charge is -2.19. The molecule has 0 saturated carbocycles. The summed E-state index contributed by atoms with van der Waals surface area (Å²) in [6.07, 6.45) is 47.3. The zero-order chi connectivity index (χ0) is 36.6. The predicted octanol–water partition coefficient (Wildman–Crippen LogP) is 11.5. The minimum atomic E-state index is -4.31. The topological polar surface area (TPSA) is 117 Å². The van der Waals surface area contributed by atoms with E-state index >= 15 is 0 Å². The van der Waals surface area contributed by atoms with Crippen LogP contribution in [0.1, 0.15) is 149 Å². The summed E-state index contributed by atoms with van der Waals surface area (Å²) >= 11 is 0. The number of hydrogen-bond acceptors (Lipinski definition) is 7. The van der Waals surface area contributed by atoms with E-state index in [0.717, 1.165) is 51.4 Å². The van der Waals surface area contributed by atoms with Crippen molar-refractivity contribution in [2.75, 3.05) is 26.4 Å². The van der Waals surface area contributed by atoms with Crippen molar-refractivity contribution in [1.29, 1.82) is 0 Å². The van der Waals surface area contributed by atoms with Gasteiger partial charge in [0.15, 0.2) is 6.10 Å². The van der Waals surface area contributed by atoms with Crippen LogP contribution in [0.3, 0.4) is 0 Å². The average molecular weight is 722 g/mol. The second-order valence-electron chi connectivity index (χ2n) is 12.5. The number of hydrogen-bond donors (Lipinski definition) is 2. The minimum absolute atomic E-state index is 0.00629. The van der Waals surface area contributed by atoms with Crippen LogP contribution >= 0.6 is 7.82 Å². The molecule has 0 spiro atoms. The van der Waals surface area contributed by atoms with E-state index in [-0.39, 0.29) is 32.8 Å². The Morgan fingerprint density at radius 1 is 0.640 bits per heavy atom. The van der Waals surface area contributed by atoms with Crippen LogP contribution in [-0.4, -0.2) is 43.3 Å². The molecule has 288 valence electrons. The van der Waals surface area contributed by atoms with Crippen LogP contribution < -0.4 is 5.73 Å². The minimum Gasteiger partial charge on any atom is -0.498 e. The maximum absolute atomic E-state index is 12.5. The molecule has 0 radical (unpaired) electrons. The van der Waals surface area contributed by atoms with Crippen molar-refractivity contribution in [3.8, 4) is 0 Å². The van der Waals surface area contributed by atoms with Crippen molar-refractivity contribution >= 4 is 13.8 Å². The molecule has 50 heavy (non-hydrogen) atoms. The lowest BCUT2D eigenvalue weighted by Crippen LogP contribution is -2.27. The number of rotatable bonds is 36. The van der Waals surface area contributed by atoms with Gasteiger partial charge >= 0.3 is 13.8 Å². The van der Waals surface area contributed by atoms with E-state index in [1.165, 1.54) is 70.6 Å². The third kappa shape index (κ3) is 37.0. The number of phosphoric acid groups is 1. The molecule has 0 bridgehead atoms. The fourth-order valence-electron chi connectivity index (χ4n) is 4.88. The molecule has 0 aliphatic carbocycles. The molecular weight excluding hydrogens is 649 g/mol. The lowest BCUT2D eigenvalue weighted by molar-refractivity contribution is -0.153. The van der Waals surface area contributed by atoms with Crippen molar-refractivity contribution in [3.05, 3.63) is 73.1 Å². The summed E-state index contributed by atoms with van der Waals surface area (Å²) in [6, 6.07) is 0. The van der Waals surface area contributed by atoms with Crippen LogP contribution in [0.25, 0.3) is 0 Å². The summed E-state index contributed by atoms with van der Waals surface area (Å²) in [4.78, 5) is 22.4. The summed E-state index contributed by atoms with van der Waals surface area (Å²) in [5.41, 5.74) is 5.34. The molecular formula is C41H72NO7P. The molecule has 0 fully saturated rings. The van der Waals surface area contributed by atoms with E-state index in [4.69, 9.17) is 24.3 Å². The quantitative estimate of drug-likeness (QED) is 0.0216. The van der Waals surface area contributed by atoms with Gasteiger partial charge in [0.2, 0.25) is 0 Å². The van der Waals surface area contributed by atoms with Gasteiger partial charge in [-0.15, -0.1) is 0 Å². The predicted molar refractivity (Wildman–Crippen MR) is 210 cm³/mol. The molecule has 3 N–H and O–H groups in total. The Balaban J connectivity index is 4.27. The van der Waals surface area contributed by atoms with Gasteiger partial charge in [0.1, 0.15) is 6.61 Å². The van der Waals surface area contributed by atoms with Gasteiger partial charge in [-0.25, -0.2) is 4.57 Å². The summed E-state index contributed by atoms with van der Waals surface area (Å²) in [6.45, 7) is 4.04. The summed E-state index contributed by atoms with van der Waals surface area (Å²) in [5.74, 6) is -0.411. The molecule has 0 aliphatic heterocycles. The molecule has 9 heteroatoms. The second-order valence-corrected chi connectivity index (χ2v) is 13.9. The van der Waals surface area contributed by atoms with Gasteiger partial charge in [-0.2, -0.15) is 0 Å². The van der Waals surface area contributed by atoms with Crippen LogP contribution in [-0.2, 0) is 27.9 Å². The molecule has 0 aromatic heterocycles. The van der Waals surface area contributed by atoms with Crippen LogP contribution in [0.4, 0.5) is 0 Å². The SMILES string of the molecule is CC/C=C\C/C=C\C/C=C\C/C=C\C/C=C\CCCC(=O)O[C@H](CO/C=C\CCCCCCCCCCCCCC)COP(=O)(O)OCCN. The van der Waals surface area contributed by atoms with E-state index in [9.17, 15) is 14.3 Å². The van der Waals surface area contributed by atoms with E-state index in [0.29, 0.717) is 6.42 Å². The van der Waals surface area contributed by atoms with E-state index < -0.39 is 19.9 Å². The molecule has 2 atom stereocenters. The average Bonchev–Trinajstić information content (AvgIpc) is 3.10. The number of carbonyl (C=O) groups is 1. The van der Waals surface area contributed by atoms with Gasteiger partial charge in [-0.3, -0.25) is 13.8 Å². The lowest BCUT2D eigenvalue weighted by atomic mass is 10.0. The fraction of sp³-hybridized carbons (Fsp3) is 0.683. The monoisotopic (exact) mass is 722 g/mol. The second kappa shape index (κ2) is 38.0. The molecule has 0 rings (SSSR count). The standard InChI is InChI=1S/C41H72NO7P/c1-3-5-7-9-11-13-15-17-19-20-21-22-24-26-28-30-32-34-41(43)49-40(39-48-50(44,45)47-37-35-42)38-46-36-33-31-29-27-25-23-18-16-14-12-10-8-6-4-2/h5,7,11,13,17,19,21-22,26,28,33,36,40H,3-4,6,8-10,12,14-16,18,20,23-25,27,29-32,34-35,37-39,42H2,1-2H3,(H,44,45)/b7-5-,13-11-,19-17-,22-21-,28-26-,36-33-/t40-/m1/s1. The Labute approximate surface area is 305 Å². The van der Waals surface area contributed by atoms with Crippen molar-refractivity contribution in [2.24, 2.45) is 5.73 Å². The normalized spacial score (nSPS) is 14.3. The third-order valence-electron chi connectivity index (χ3n) is 7.70. The number of nitrogens with two attached hydrogens (primary N) is 1. The maximum atomic E-state index is 12.5. The Kier molecular flexibility index (Phi) is 36.3. The van der Waals surface area contributed by atoms with Crippen molar-refractivity contribution in [3.63, 3.8) is 0 Å². The van der Waals surface area contributed by atoms with Crippen LogP contribution in [0.15, 0.2) is 73.1 Å². The van der Waals surface area contributed by atoms with Gasteiger partial charge in [-0.1, -0.05) is 145 Å². The Hall–Kier alpha value is -2.22. The van der Waals surface area contributed by atoms with Crippen LogP contribution in [0, 0.1) is 0 Å². The van der Waals surface area contributed by atoms with Gasteiger partial charge in [0.25, 0.3) is 0 Å². The zero-order valence-corrected chi connectivity index (χ0v) is 32.5. The number of unbranched alkanes of at least 4 members (excludes halogenated alkanes) is 13. The zero-order valence-electron chi connectivity index (χ0n) is 31.6. The Bertz CT molecular complexity index is 989. The fourth-order valence-corrected chi connectivity index (χ4v) is 5.64. The highest BCUT2D eigenvalue weighted by atomic mass is 31.2. The molecule has 1 unspecified atom stereocenters. The van der Waals surface area contributed by atoms with Gasteiger partial charge in [0.05, 0.1) is 19.5 Å². The van der Waals surface area contributed by atoms with E-state index in [2.05, 4.69) is 74.6 Å². The van der Waals surface area contributed by atoms with Gasteiger partial charge < -0.3 is 20.1 Å². The molecule has 0 aliphatic rings. The van der Waals surface area contributed by atoms with Crippen molar-refractivity contribution < 1.29 is 32.8 Å². The first-order valence-corrected chi connectivity index (χ1v) is 21.0. The molecule has 8 nitrogen and oxygen atoms in total. The van der Waals surface area contributed by atoms with Gasteiger partial charge in [0, 0.05) is 13.0 Å². The smallest absolute Gasteiger partial charge is 0.472 e. The largest absolute Gasteiger partial charge is 0.498 e. The van der Waals surface area contributed by atoms with E-state index in [1.54, 1.807) is 6.26 Å². The van der Waals surface area contributed by atoms with E-state index in [1.807, 2.05) is 6.08 Å². The summed E-state index contributed by atoms with van der Waals surface area (Å²) in [5, 5.41) is 0. The highest BCUT2D eigenvalue weighted by molar-refractivity contribution is 7.47.